The number of rotatable bonds is 7. The maximum absolute atomic E-state index is 13.2. The molecule has 1 N–H and O–H groups in total. The number of nitrogens with zero attached hydrogens (tertiary/aromatic N) is 3. The third-order valence-corrected chi connectivity index (χ3v) is 6.17. The first-order chi connectivity index (χ1) is 17.2. The fraction of sp³-hybridized carbons (Fsp3) is 0.179. The molecule has 8 heteroatoms. The number of benzene rings is 3. The third-order valence-electron chi connectivity index (χ3n) is 5.68. The number of hydrogen-bond donors (Lipinski definition) is 1. The number of nitrogens with one attached hydrogen (secondary N) is 1. The Kier molecular flexibility index (Phi) is 7.77. The van der Waals surface area contributed by atoms with Gasteiger partial charge in [-0.15, -0.1) is 0 Å². The lowest BCUT2D eigenvalue weighted by Crippen LogP contribution is -2.42. The van der Waals surface area contributed by atoms with Gasteiger partial charge in [0.2, 0.25) is 11.9 Å². The second kappa shape index (κ2) is 11.0. The first-order valence-electron chi connectivity index (χ1n) is 11.5. The number of carbonyl (C=O) groups excluding carboxylic acids is 2. The van der Waals surface area contributed by atoms with Crippen molar-refractivity contribution in [3.8, 4) is 16.9 Å². The zero-order valence-corrected chi connectivity index (χ0v) is 21.7. The number of imidazole rings is 1. The first-order valence-corrected chi connectivity index (χ1v) is 12.3. The minimum atomic E-state index is -0.360. The van der Waals surface area contributed by atoms with Gasteiger partial charge in [0.25, 0.3) is 5.91 Å². The van der Waals surface area contributed by atoms with E-state index in [0.29, 0.717) is 27.3 Å². The molecule has 184 valence electrons. The van der Waals surface area contributed by atoms with Crippen molar-refractivity contribution in [2.75, 3.05) is 11.9 Å². The van der Waals surface area contributed by atoms with Gasteiger partial charge in [0.15, 0.2) is 0 Å². The number of anilines is 1. The fourth-order valence-corrected chi connectivity index (χ4v) is 4.03. The van der Waals surface area contributed by atoms with Gasteiger partial charge in [-0.1, -0.05) is 59.1 Å². The summed E-state index contributed by atoms with van der Waals surface area (Å²) in [6.45, 7) is 5.60. The van der Waals surface area contributed by atoms with E-state index in [-0.39, 0.29) is 24.4 Å². The van der Waals surface area contributed by atoms with E-state index >= 15 is 0 Å². The van der Waals surface area contributed by atoms with E-state index in [4.69, 9.17) is 23.2 Å². The molecule has 1 aromatic heterocycles. The van der Waals surface area contributed by atoms with Crippen molar-refractivity contribution < 1.29 is 9.59 Å². The van der Waals surface area contributed by atoms with Crippen molar-refractivity contribution in [3.63, 3.8) is 0 Å². The second-order valence-corrected chi connectivity index (χ2v) is 9.62. The van der Waals surface area contributed by atoms with Gasteiger partial charge >= 0.3 is 0 Å². The molecular weight excluding hydrogens is 495 g/mol. The summed E-state index contributed by atoms with van der Waals surface area (Å²) < 4.78 is 1.76. The van der Waals surface area contributed by atoms with E-state index in [9.17, 15) is 9.59 Å². The van der Waals surface area contributed by atoms with E-state index in [0.717, 1.165) is 16.8 Å². The van der Waals surface area contributed by atoms with Crippen molar-refractivity contribution in [1.29, 1.82) is 0 Å². The zero-order valence-electron chi connectivity index (χ0n) is 20.2. The van der Waals surface area contributed by atoms with E-state index in [1.54, 1.807) is 41.0 Å². The summed E-state index contributed by atoms with van der Waals surface area (Å²) >= 11 is 12.3. The average Bonchev–Trinajstić information content (AvgIpc) is 3.26. The highest BCUT2D eigenvalue weighted by molar-refractivity contribution is 6.31. The number of aromatic nitrogens is 2. The van der Waals surface area contributed by atoms with Gasteiger partial charge in [0.1, 0.15) is 6.54 Å². The Morgan fingerprint density at radius 3 is 2.31 bits per heavy atom. The first kappa shape index (κ1) is 25.5. The normalized spacial score (nSPS) is 10.9. The molecule has 0 aliphatic heterocycles. The van der Waals surface area contributed by atoms with E-state index in [1.165, 1.54) is 4.90 Å². The molecule has 0 radical (unpaired) electrons. The lowest BCUT2D eigenvalue weighted by atomic mass is 10.1. The molecule has 3 aromatic carbocycles. The Morgan fingerprint density at radius 1 is 0.972 bits per heavy atom. The summed E-state index contributed by atoms with van der Waals surface area (Å²) in [5.74, 6) is -0.250. The molecule has 0 unspecified atom stereocenters. The Balaban J connectivity index is 1.62. The van der Waals surface area contributed by atoms with Crippen LogP contribution in [0, 0.1) is 6.92 Å². The summed E-state index contributed by atoms with van der Waals surface area (Å²) in [6.07, 6.45) is 1.82. The highest BCUT2D eigenvalue weighted by Crippen LogP contribution is 2.26. The molecule has 6 nitrogen and oxygen atoms in total. The molecule has 0 fully saturated rings. The molecule has 36 heavy (non-hydrogen) atoms. The van der Waals surface area contributed by atoms with E-state index < -0.39 is 0 Å². The van der Waals surface area contributed by atoms with Crippen LogP contribution in [0.15, 0.2) is 79.0 Å². The molecule has 0 aliphatic rings. The van der Waals surface area contributed by atoms with Crippen molar-refractivity contribution in [3.05, 3.63) is 100 Å². The molecular formula is C28H26Cl2N4O2. The summed E-state index contributed by atoms with van der Waals surface area (Å²) in [5, 5.41) is 4.06. The highest BCUT2D eigenvalue weighted by Gasteiger charge is 2.23. The molecule has 2 amide bonds. The van der Waals surface area contributed by atoms with Crippen LogP contribution in [0.5, 0.6) is 0 Å². The van der Waals surface area contributed by atoms with Gasteiger partial charge in [0, 0.05) is 39.1 Å². The quantitative estimate of drug-likeness (QED) is 0.296. The molecule has 0 saturated heterocycles. The Hall–Kier alpha value is -3.61. The van der Waals surface area contributed by atoms with Crippen LogP contribution in [-0.4, -0.2) is 38.9 Å². The predicted octanol–water partition coefficient (Wildman–Crippen LogP) is 6.64. The highest BCUT2D eigenvalue weighted by atomic mass is 35.5. The minimum Gasteiger partial charge on any atom is -0.327 e. The maximum Gasteiger partial charge on any atom is 0.254 e. The van der Waals surface area contributed by atoms with Crippen LogP contribution < -0.4 is 5.32 Å². The lowest BCUT2D eigenvalue weighted by molar-refractivity contribution is -0.117. The van der Waals surface area contributed by atoms with Crippen LogP contribution >= 0.6 is 23.2 Å². The third kappa shape index (κ3) is 5.96. The van der Waals surface area contributed by atoms with Gasteiger partial charge in [-0.25, -0.2) is 4.98 Å². The molecule has 0 atom stereocenters. The van der Waals surface area contributed by atoms with E-state index in [2.05, 4.69) is 10.3 Å². The number of carbonyl (C=O) groups is 2. The zero-order chi connectivity index (χ0) is 25.8. The fourth-order valence-electron chi connectivity index (χ4n) is 3.72. The summed E-state index contributed by atoms with van der Waals surface area (Å²) in [4.78, 5) is 32.5. The van der Waals surface area contributed by atoms with E-state index in [1.807, 2.05) is 63.4 Å². The summed E-state index contributed by atoms with van der Waals surface area (Å²) in [6, 6.07) is 21.7. The van der Waals surface area contributed by atoms with Crippen molar-refractivity contribution in [1.82, 2.24) is 14.5 Å². The molecule has 0 bridgehead atoms. The average molecular weight is 521 g/mol. The molecule has 0 aliphatic carbocycles. The summed E-state index contributed by atoms with van der Waals surface area (Å²) in [5.41, 5.74) is 3.83. The largest absolute Gasteiger partial charge is 0.327 e. The van der Waals surface area contributed by atoms with Gasteiger partial charge in [-0.3, -0.25) is 19.5 Å². The number of halogens is 2. The van der Waals surface area contributed by atoms with Crippen LogP contribution in [0.4, 0.5) is 5.95 Å². The molecule has 0 saturated carbocycles. The number of amides is 2. The van der Waals surface area contributed by atoms with Crippen LogP contribution in [0.3, 0.4) is 0 Å². The van der Waals surface area contributed by atoms with Gasteiger partial charge < -0.3 is 4.90 Å². The van der Waals surface area contributed by atoms with Gasteiger partial charge in [0.05, 0.1) is 5.69 Å². The molecule has 4 rings (SSSR count). The summed E-state index contributed by atoms with van der Waals surface area (Å²) in [7, 11) is 0. The van der Waals surface area contributed by atoms with Crippen LogP contribution in [0.1, 0.15) is 29.8 Å². The Labute approximate surface area is 220 Å². The van der Waals surface area contributed by atoms with Gasteiger partial charge in [-0.2, -0.15) is 0 Å². The monoisotopic (exact) mass is 520 g/mol. The Morgan fingerprint density at radius 2 is 1.67 bits per heavy atom. The van der Waals surface area contributed by atoms with Crippen molar-refractivity contribution >= 4 is 41.0 Å². The predicted molar refractivity (Wildman–Crippen MR) is 145 cm³/mol. The van der Waals surface area contributed by atoms with Crippen LogP contribution in [0.2, 0.25) is 10.0 Å². The number of aryl methyl sites for hydroxylation is 1. The van der Waals surface area contributed by atoms with Crippen LogP contribution in [-0.2, 0) is 4.79 Å². The van der Waals surface area contributed by atoms with Crippen molar-refractivity contribution in [2.45, 2.75) is 26.8 Å². The van der Waals surface area contributed by atoms with Gasteiger partial charge in [-0.05, 0) is 63.2 Å². The standard InChI is InChI=1S/C28H26Cl2N4O2/c1-18(2)33(27(36)21-9-7-19(3)8-10-21)17-26(35)32-28-31-25(20-11-13-22(29)14-12-20)16-34(28)24-6-4-5-23(30)15-24/h4-16,18H,17H2,1-3H3,(H,31,32,35). The Bertz CT molecular complexity index is 1380. The SMILES string of the molecule is Cc1ccc(C(=O)N(CC(=O)Nc2nc(-c3ccc(Cl)cc3)cn2-c2cccc(Cl)c2)C(C)C)cc1. The smallest absolute Gasteiger partial charge is 0.254 e. The number of hydrogen-bond acceptors (Lipinski definition) is 3. The van der Waals surface area contributed by atoms with Crippen LogP contribution in [0.25, 0.3) is 16.9 Å². The molecule has 0 spiro atoms. The minimum absolute atomic E-state index is 0.122. The molecule has 1 heterocycles. The molecule has 4 aromatic rings. The maximum atomic E-state index is 13.2. The topological polar surface area (TPSA) is 67.2 Å². The lowest BCUT2D eigenvalue weighted by Gasteiger charge is -2.26. The second-order valence-electron chi connectivity index (χ2n) is 8.75. The van der Waals surface area contributed by atoms with Crippen molar-refractivity contribution in [2.24, 2.45) is 0 Å².